The minimum Gasteiger partial charge on any atom is -0.390 e. The molecule has 160 valence electrons. The molecule has 1 aliphatic rings. The number of aliphatic hydroxyl groups is 2. The lowest BCUT2D eigenvalue weighted by Crippen LogP contribution is -2.48. The summed E-state index contributed by atoms with van der Waals surface area (Å²) < 4.78 is 28.2. The number of hydrogen-bond donors (Lipinski definition) is 2. The van der Waals surface area contributed by atoms with Gasteiger partial charge in [-0.3, -0.25) is 0 Å². The Bertz CT molecular complexity index is 450. The molecule has 0 radical (unpaired) electrons. The quantitative estimate of drug-likeness (QED) is 0.369. The molecule has 1 rings (SSSR count). The van der Waals surface area contributed by atoms with Gasteiger partial charge in [0.1, 0.15) is 19.7 Å². The van der Waals surface area contributed by atoms with Crippen molar-refractivity contribution < 1.29 is 33.9 Å². The minimum atomic E-state index is -1.17. The van der Waals surface area contributed by atoms with Crippen LogP contribution in [0.5, 0.6) is 0 Å². The number of rotatable bonds is 13. The first-order valence-electron chi connectivity index (χ1n) is 9.46. The summed E-state index contributed by atoms with van der Waals surface area (Å²) in [6.45, 7) is 11.3. The van der Waals surface area contributed by atoms with Crippen LogP contribution in [-0.2, 0) is 23.7 Å². The summed E-state index contributed by atoms with van der Waals surface area (Å²) in [6.07, 6.45) is 2.80. The molecule has 0 bridgehead atoms. The molecule has 0 aromatic heterocycles. The van der Waals surface area contributed by atoms with E-state index in [1.165, 1.54) is 0 Å². The predicted octanol–water partition coefficient (Wildman–Crippen LogP) is 2.39. The van der Waals surface area contributed by atoms with Crippen molar-refractivity contribution in [1.29, 1.82) is 0 Å². The Morgan fingerprint density at radius 2 is 1.89 bits per heavy atom. The Morgan fingerprint density at radius 3 is 2.41 bits per heavy atom. The molecular weight excluding hydrogens is 352 g/mol. The number of ether oxygens (including phenoxy) is 5. The van der Waals surface area contributed by atoms with E-state index in [0.717, 1.165) is 12.8 Å². The van der Waals surface area contributed by atoms with E-state index in [1.54, 1.807) is 34.1 Å². The van der Waals surface area contributed by atoms with Gasteiger partial charge in [0.25, 0.3) is 0 Å². The van der Waals surface area contributed by atoms with E-state index in [9.17, 15) is 10.2 Å². The first-order valence-corrected chi connectivity index (χ1v) is 9.46. The van der Waals surface area contributed by atoms with Crippen molar-refractivity contribution >= 4 is 0 Å². The van der Waals surface area contributed by atoms with E-state index >= 15 is 0 Å². The normalized spacial score (nSPS) is 27.9. The summed E-state index contributed by atoms with van der Waals surface area (Å²) in [7, 11) is 3.14. The average Bonchev–Trinajstić information content (AvgIpc) is 3.01. The molecule has 7 nitrogen and oxygen atoms in total. The third-order valence-electron chi connectivity index (χ3n) is 5.41. The maximum Gasteiger partial charge on any atom is 0.147 e. The Kier molecular flexibility index (Phi) is 9.34. The Morgan fingerprint density at radius 1 is 1.26 bits per heavy atom. The molecule has 1 heterocycles. The van der Waals surface area contributed by atoms with Crippen molar-refractivity contribution in [2.75, 3.05) is 27.8 Å². The molecule has 0 amide bonds. The second kappa shape index (κ2) is 10.3. The molecule has 2 N–H and O–H groups in total. The van der Waals surface area contributed by atoms with Gasteiger partial charge in [-0.15, -0.1) is 6.58 Å². The standard InChI is InChI=1S/C20H38O7/c1-8-16(25-13-23-6)20(5)12-10-17(27-20)19(4,26-14-24-7)11-9-15(21)18(2,3)22/h8,15-17,21-22H,1,9-14H2,2-7H3/t15-,16-,17-,19+,20+/m1/s1. The highest BCUT2D eigenvalue weighted by Crippen LogP contribution is 2.42. The van der Waals surface area contributed by atoms with E-state index in [1.807, 2.05) is 13.8 Å². The van der Waals surface area contributed by atoms with Crippen LogP contribution in [0.1, 0.15) is 53.4 Å². The SMILES string of the molecule is C=C[C@@H](OCOC)[C@]1(C)CC[C@H]([C@](C)(CC[C@@H](O)C(C)(C)O)OCOC)O1. The average molecular weight is 391 g/mol. The smallest absolute Gasteiger partial charge is 0.147 e. The van der Waals surface area contributed by atoms with Gasteiger partial charge in [0.2, 0.25) is 0 Å². The summed E-state index contributed by atoms with van der Waals surface area (Å²) in [5.74, 6) is 0. The zero-order valence-electron chi connectivity index (χ0n) is 17.7. The van der Waals surface area contributed by atoms with Crippen LogP contribution in [0.4, 0.5) is 0 Å². The number of aliphatic hydroxyl groups excluding tert-OH is 1. The molecule has 27 heavy (non-hydrogen) atoms. The van der Waals surface area contributed by atoms with Crippen molar-refractivity contribution in [1.82, 2.24) is 0 Å². The highest BCUT2D eigenvalue weighted by molar-refractivity contribution is 5.03. The van der Waals surface area contributed by atoms with Crippen LogP contribution in [0.2, 0.25) is 0 Å². The van der Waals surface area contributed by atoms with E-state index in [0.29, 0.717) is 12.8 Å². The first-order chi connectivity index (χ1) is 12.5. The molecule has 7 heteroatoms. The van der Waals surface area contributed by atoms with E-state index in [-0.39, 0.29) is 25.8 Å². The molecule has 0 aliphatic carbocycles. The largest absolute Gasteiger partial charge is 0.390 e. The predicted molar refractivity (Wildman–Crippen MR) is 102 cm³/mol. The maximum atomic E-state index is 10.2. The molecular formula is C20H38O7. The van der Waals surface area contributed by atoms with Crippen molar-refractivity contribution in [3.05, 3.63) is 12.7 Å². The van der Waals surface area contributed by atoms with Gasteiger partial charge in [-0.05, 0) is 53.4 Å². The highest BCUT2D eigenvalue weighted by atomic mass is 16.7. The van der Waals surface area contributed by atoms with Gasteiger partial charge in [0.15, 0.2) is 0 Å². The number of hydrogen-bond acceptors (Lipinski definition) is 7. The van der Waals surface area contributed by atoms with Crippen molar-refractivity contribution in [3.63, 3.8) is 0 Å². The van der Waals surface area contributed by atoms with Gasteiger partial charge >= 0.3 is 0 Å². The van der Waals surface area contributed by atoms with Crippen LogP contribution in [0, 0.1) is 0 Å². The van der Waals surface area contributed by atoms with Crippen molar-refractivity contribution in [3.8, 4) is 0 Å². The molecule has 0 saturated carbocycles. The molecule has 0 spiro atoms. The third-order valence-corrected chi connectivity index (χ3v) is 5.41. The summed E-state index contributed by atoms with van der Waals surface area (Å²) in [5.41, 5.74) is -2.39. The minimum absolute atomic E-state index is 0.122. The topological polar surface area (TPSA) is 86.6 Å². The lowest BCUT2D eigenvalue weighted by atomic mass is 9.86. The van der Waals surface area contributed by atoms with Crippen LogP contribution in [0.15, 0.2) is 12.7 Å². The first kappa shape index (κ1) is 24.5. The van der Waals surface area contributed by atoms with Crippen molar-refractivity contribution in [2.24, 2.45) is 0 Å². The van der Waals surface area contributed by atoms with Gasteiger partial charge in [-0.25, -0.2) is 0 Å². The van der Waals surface area contributed by atoms with Crippen LogP contribution in [-0.4, -0.2) is 73.1 Å². The summed E-state index contributed by atoms with van der Waals surface area (Å²) in [4.78, 5) is 0. The van der Waals surface area contributed by atoms with Gasteiger partial charge in [0.05, 0.1) is 29.0 Å². The Labute approximate surface area is 163 Å². The van der Waals surface area contributed by atoms with Gasteiger partial charge in [-0.1, -0.05) is 6.08 Å². The molecule has 0 unspecified atom stereocenters. The molecule has 1 aliphatic heterocycles. The van der Waals surface area contributed by atoms with E-state index in [4.69, 9.17) is 23.7 Å². The van der Waals surface area contributed by atoms with Gasteiger partial charge in [-0.2, -0.15) is 0 Å². The molecule has 1 fully saturated rings. The maximum absolute atomic E-state index is 10.2. The number of methoxy groups -OCH3 is 2. The highest BCUT2D eigenvalue weighted by Gasteiger charge is 2.49. The zero-order valence-corrected chi connectivity index (χ0v) is 17.7. The van der Waals surface area contributed by atoms with Crippen LogP contribution in [0.25, 0.3) is 0 Å². The zero-order chi connectivity index (χ0) is 20.7. The summed E-state index contributed by atoms with van der Waals surface area (Å²) >= 11 is 0. The molecule has 0 aromatic rings. The summed E-state index contributed by atoms with van der Waals surface area (Å²) in [6, 6.07) is 0. The van der Waals surface area contributed by atoms with E-state index < -0.39 is 22.9 Å². The molecule has 0 aromatic carbocycles. The fourth-order valence-corrected chi connectivity index (χ4v) is 3.43. The second-order valence-electron chi connectivity index (χ2n) is 8.26. The Balaban J connectivity index is 2.86. The lowest BCUT2D eigenvalue weighted by Gasteiger charge is -2.39. The second-order valence-corrected chi connectivity index (χ2v) is 8.26. The van der Waals surface area contributed by atoms with Crippen LogP contribution < -0.4 is 0 Å². The fraction of sp³-hybridized carbons (Fsp3) is 0.900. The van der Waals surface area contributed by atoms with Gasteiger partial charge < -0.3 is 33.9 Å². The van der Waals surface area contributed by atoms with Crippen LogP contribution >= 0.6 is 0 Å². The third kappa shape index (κ3) is 6.78. The van der Waals surface area contributed by atoms with Crippen molar-refractivity contribution in [2.45, 2.75) is 88.5 Å². The Hall–Kier alpha value is -0.540. The van der Waals surface area contributed by atoms with Gasteiger partial charge in [0, 0.05) is 14.2 Å². The lowest BCUT2D eigenvalue weighted by molar-refractivity contribution is -0.214. The van der Waals surface area contributed by atoms with E-state index in [2.05, 4.69) is 6.58 Å². The van der Waals surface area contributed by atoms with Crippen LogP contribution in [0.3, 0.4) is 0 Å². The fourth-order valence-electron chi connectivity index (χ4n) is 3.43. The monoisotopic (exact) mass is 390 g/mol. The molecule has 1 saturated heterocycles. The molecule has 5 atom stereocenters. The summed E-state index contributed by atoms with van der Waals surface area (Å²) in [5, 5.41) is 20.2.